The van der Waals surface area contributed by atoms with E-state index >= 15 is 0 Å². The van der Waals surface area contributed by atoms with Gasteiger partial charge >= 0.3 is 5.97 Å². The lowest BCUT2D eigenvalue weighted by Crippen LogP contribution is -2.55. The Labute approximate surface area is 194 Å². The molecule has 0 aromatic heterocycles. The first-order valence-corrected chi connectivity index (χ1v) is 12.8. The molecular weight excluding hydrogens is 396 g/mol. The van der Waals surface area contributed by atoms with E-state index in [-0.39, 0.29) is 11.4 Å². The number of fused-ring (bicyclic) bond motifs is 5. The van der Waals surface area contributed by atoms with Gasteiger partial charge in [-0.05, 0) is 115 Å². The number of esters is 1. The fourth-order valence-corrected chi connectivity index (χ4v) is 8.31. The minimum Gasteiger partial charge on any atom is -0.425 e. The summed E-state index contributed by atoms with van der Waals surface area (Å²) in [5.41, 5.74) is 16.8. The summed E-state index contributed by atoms with van der Waals surface area (Å²) in [4.78, 5) is 12.6. The van der Waals surface area contributed by atoms with Gasteiger partial charge in [0, 0.05) is 0 Å². The largest absolute Gasteiger partial charge is 0.425 e. The molecule has 0 bridgehead atoms. The van der Waals surface area contributed by atoms with Crippen molar-refractivity contribution in [2.75, 3.05) is 6.54 Å². The molecule has 4 N–H and O–H groups in total. The monoisotopic (exact) mass is 440 g/mol. The van der Waals surface area contributed by atoms with Crippen LogP contribution in [0.4, 0.5) is 0 Å². The van der Waals surface area contributed by atoms with Gasteiger partial charge in [-0.2, -0.15) is 0 Å². The maximum atomic E-state index is 12.6. The normalized spacial score (nSPS) is 33.7. The third-order valence-electron chi connectivity index (χ3n) is 9.67. The molecule has 178 valence electrons. The van der Waals surface area contributed by atoms with Crippen LogP contribution in [0.5, 0.6) is 5.75 Å². The van der Waals surface area contributed by atoms with Crippen molar-refractivity contribution in [1.29, 1.82) is 0 Å². The molecule has 4 heteroatoms. The fraction of sp³-hybridized carbons (Fsp3) is 0.750. The second kappa shape index (κ2) is 8.43. The number of hydrogen-bond acceptors (Lipinski definition) is 4. The highest BCUT2D eigenvalue weighted by atomic mass is 16.5. The number of rotatable bonds is 6. The predicted octanol–water partition coefficient (Wildman–Crippen LogP) is 5.41. The Bertz CT molecular complexity index is 878. The number of carbonyl (C=O) groups excluding carboxylic acids is 1. The molecule has 1 aromatic rings. The molecule has 2 saturated carbocycles. The minimum absolute atomic E-state index is 0.221. The second-order valence-electron chi connectivity index (χ2n) is 12.2. The molecule has 5 atom stereocenters. The fourth-order valence-electron chi connectivity index (χ4n) is 8.31. The topological polar surface area (TPSA) is 78.3 Å². The molecule has 32 heavy (non-hydrogen) atoms. The van der Waals surface area contributed by atoms with E-state index in [4.69, 9.17) is 16.2 Å². The molecule has 1 unspecified atom stereocenters. The maximum absolute atomic E-state index is 12.6. The number of carbonyl (C=O) groups is 1. The number of aryl methyl sites for hydroxylation is 1. The Morgan fingerprint density at radius 3 is 2.59 bits per heavy atom. The van der Waals surface area contributed by atoms with Gasteiger partial charge in [0.05, 0.1) is 0 Å². The first kappa shape index (κ1) is 23.8. The van der Waals surface area contributed by atoms with E-state index in [2.05, 4.69) is 46.8 Å². The highest BCUT2D eigenvalue weighted by Gasteiger charge is 2.61. The van der Waals surface area contributed by atoms with Crippen LogP contribution >= 0.6 is 0 Å². The van der Waals surface area contributed by atoms with E-state index in [0.717, 1.165) is 25.2 Å². The molecule has 0 radical (unpaired) electrons. The molecule has 3 aliphatic carbocycles. The molecule has 0 saturated heterocycles. The van der Waals surface area contributed by atoms with Crippen LogP contribution < -0.4 is 16.2 Å². The van der Waals surface area contributed by atoms with Crippen molar-refractivity contribution < 1.29 is 9.53 Å². The summed E-state index contributed by atoms with van der Waals surface area (Å²) in [7, 11) is 0. The lowest BCUT2D eigenvalue weighted by Gasteiger charge is -2.61. The van der Waals surface area contributed by atoms with Crippen molar-refractivity contribution in [2.24, 2.45) is 34.1 Å². The van der Waals surface area contributed by atoms with E-state index in [9.17, 15) is 4.79 Å². The molecule has 1 aromatic carbocycles. The second-order valence-corrected chi connectivity index (χ2v) is 12.2. The van der Waals surface area contributed by atoms with E-state index in [1.54, 1.807) is 0 Å². The number of nitrogens with two attached hydrogens (primary N) is 2. The Hall–Kier alpha value is -1.39. The van der Waals surface area contributed by atoms with Crippen LogP contribution in [-0.2, 0) is 16.6 Å². The third kappa shape index (κ3) is 3.81. The van der Waals surface area contributed by atoms with Crippen molar-refractivity contribution in [3.05, 3.63) is 28.8 Å². The van der Waals surface area contributed by atoms with Crippen molar-refractivity contribution in [3.8, 4) is 5.75 Å². The van der Waals surface area contributed by atoms with Crippen LogP contribution in [0.25, 0.3) is 0 Å². The lowest BCUT2D eigenvalue weighted by atomic mass is 9.43. The molecule has 3 aliphatic rings. The SMILES string of the molecule is Cc1cc(OC(=O)C(N)CCCCN)cc2c1[C@]1(C)CC[C@H]3C(C)(C)CCC[C@]3(C)[C@H]1C2. The van der Waals surface area contributed by atoms with Crippen LogP contribution in [0.15, 0.2) is 12.1 Å². The molecule has 0 heterocycles. The zero-order chi connectivity index (χ0) is 23.3. The summed E-state index contributed by atoms with van der Waals surface area (Å²) < 4.78 is 5.77. The van der Waals surface area contributed by atoms with Crippen molar-refractivity contribution in [2.45, 2.75) is 104 Å². The van der Waals surface area contributed by atoms with Crippen molar-refractivity contribution in [3.63, 3.8) is 0 Å². The summed E-state index contributed by atoms with van der Waals surface area (Å²) in [5.74, 6) is 1.78. The number of benzene rings is 1. The smallest absolute Gasteiger partial charge is 0.328 e. The van der Waals surface area contributed by atoms with Gasteiger partial charge in [0.25, 0.3) is 0 Å². The predicted molar refractivity (Wildman–Crippen MR) is 131 cm³/mol. The quantitative estimate of drug-likeness (QED) is 0.352. The van der Waals surface area contributed by atoms with Gasteiger partial charge in [0.2, 0.25) is 0 Å². The summed E-state index contributed by atoms with van der Waals surface area (Å²) in [6, 6.07) is 3.62. The zero-order valence-corrected chi connectivity index (χ0v) is 20.9. The van der Waals surface area contributed by atoms with Gasteiger partial charge in [-0.1, -0.05) is 40.5 Å². The number of hydrogen-bond donors (Lipinski definition) is 2. The Morgan fingerprint density at radius 1 is 1.12 bits per heavy atom. The van der Waals surface area contributed by atoms with Crippen LogP contribution in [-0.4, -0.2) is 18.6 Å². The first-order valence-electron chi connectivity index (χ1n) is 12.8. The van der Waals surface area contributed by atoms with Crippen molar-refractivity contribution in [1.82, 2.24) is 0 Å². The Morgan fingerprint density at radius 2 is 1.88 bits per heavy atom. The summed E-state index contributed by atoms with van der Waals surface area (Å²) in [6.45, 7) is 12.9. The molecule has 0 spiro atoms. The lowest BCUT2D eigenvalue weighted by molar-refractivity contribution is -0.136. The van der Waals surface area contributed by atoms with Gasteiger partial charge in [0.15, 0.2) is 0 Å². The minimum atomic E-state index is -0.584. The number of ether oxygens (including phenoxy) is 1. The van der Waals surface area contributed by atoms with E-state index in [0.29, 0.717) is 35.5 Å². The average molecular weight is 441 g/mol. The molecule has 4 rings (SSSR count). The molecule has 2 fully saturated rings. The Kier molecular flexibility index (Phi) is 6.26. The molecule has 0 amide bonds. The van der Waals surface area contributed by atoms with Crippen LogP contribution in [0.1, 0.15) is 95.8 Å². The highest BCUT2D eigenvalue weighted by Crippen LogP contribution is 2.67. The van der Waals surface area contributed by atoms with Crippen LogP contribution in [0.2, 0.25) is 0 Å². The first-order chi connectivity index (χ1) is 15.0. The molecular formula is C28H44N2O2. The standard InChI is InChI=1S/C28H44N2O2/c1-18-15-20(32-25(31)21(30)9-6-7-14-29)16-19-17-23-27(4)12-8-11-26(2,3)22(27)10-13-28(23,5)24(18)19/h15-16,21-23H,6-14,17,29-30H2,1-5H3/t21?,22-,23+,27-,28+/m0/s1. The number of unbranched alkanes of at least 4 members (excludes halogenated alkanes) is 1. The maximum Gasteiger partial charge on any atom is 0.328 e. The van der Waals surface area contributed by atoms with Gasteiger partial charge in [-0.15, -0.1) is 0 Å². The van der Waals surface area contributed by atoms with Gasteiger partial charge in [-0.25, -0.2) is 4.79 Å². The van der Waals surface area contributed by atoms with Crippen LogP contribution in [0, 0.1) is 29.6 Å². The van der Waals surface area contributed by atoms with Crippen molar-refractivity contribution >= 4 is 5.97 Å². The Balaban J connectivity index is 1.58. The highest BCUT2D eigenvalue weighted by molar-refractivity contribution is 5.78. The van der Waals surface area contributed by atoms with E-state index < -0.39 is 6.04 Å². The van der Waals surface area contributed by atoms with E-state index in [1.165, 1.54) is 48.8 Å². The van der Waals surface area contributed by atoms with Crippen LogP contribution in [0.3, 0.4) is 0 Å². The summed E-state index contributed by atoms with van der Waals surface area (Å²) in [6.07, 6.45) is 10.1. The average Bonchev–Trinajstić information content (AvgIpc) is 3.01. The van der Waals surface area contributed by atoms with Gasteiger partial charge in [-0.3, -0.25) is 0 Å². The molecule has 0 aliphatic heterocycles. The third-order valence-corrected chi connectivity index (χ3v) is 9.67. The van der Waals surface area contributed by atoms with E-state index in [1.807, 2.05) is 0 Å². The van der Waals surface area contributed by atoms with Gasteiger partial charge in [0.1, 0.15) is 11.8 Å². The summed E-state index contributed by atoms with van der Waals surface area (Å²) >= 11 is 0. The van der Waals surface area contributed by atoms with Gasteiger partial charge < -0.3 is 16.2 Å². The summed E-state index contributed by atoms with van der Waals surface area (Å²) in [5, 5.41) is 0. The zero-order valence-electron chi connectivity index (χ0n) is 20.9. The molecule has 4 nitrogen and oxygen atoms in total.